The van der Waals surface area contributed by atoms with E-state index in [0.29, 0.717) is 18.5 Å². The number of carbonyl (C=O) groups is 2. The monoisotopic (exact) mass is 252 g/mol. The molecule has 1 amide bonds. The Hall–Kier alpha value is -2.08. The highest BCUT2D eigenvalue weighted by atomic mass is 16.5. The van der Waals surface area contributed by atoms with Crippen molar-refractivity contribution in [1.29, 1.82) is 0 Å². The Balaban J connectivity index is 2.59. The zero-order valence-corrected chi connectivity index (χ0v) is 9.83. The molecule has 0 aliphatic carbocycles. The smallest absolute Gasteiger partial charge is 0.408 e. The Kier molecular flexibility index (Phi) is 5.66. The van der Waals surface area contributed by atoms with E-state index in [1.165, 1.54) is 0 Å². The SMILES string of the molecule is NCCCOC(=O)N[C@H](C(=O)O)c1ccccc1. The van der Waals surface area contributed by atoms with Crippen LogP contribution in [0.2, 0.25) is 0 Å². The highest BCUT2D eigenvalue weighted by Crippen LogP contribution is 2.12. The van der Waals surface area contributed by atoms with Crippen LogP contribution >= 0.6 is 0 Å². The van der Waals surface area contributed by atoms with E-state index in [0.717, 1.165) is 0 Å². The third kappa shape index (κ3) is 4.42. The lowest BCUT2D eigenvalue weighted by Crippen LogP contribution is -2.34. The topological polar surface area (TPSA) is 102 Å². The van der Waals surface area contributed by atoms with Crippen LogP contribution in [0.5, 0.6) is 0 Å². The van der Waals surface area contributed by atoms with Gasteiger partial charge in [0.1, 0.15) is 0 Å². The lowest BCUT2D eigenvalue weighted by Gasteiger charge is -2.14. The first kappa shape index (κ1) is 14.0. The van der Waals surface area contributed by atoms with Crippen molar-refractivity contribution in [2.24, 2.45) is 5.73 Å². The molecule has 0 fully saturated rings. The molecule has 6 heteroatoms. The van der Waals surface area contributed by atoms with Gasteiger partial charge < -0.3 is 20.9 Å². The van der Waals surface area contributed by atoms with Crippen LogP contribution in [0.1, 0.15) is 18.0 Å². The Bertz CT molecular complexity index is 394. The zero-order valence-electron chi connectivity index (χ0n) is 9.83. The Morgan fingerprint density at radius 2 is 2.00 bits per heavy atom. The maximum Gasteiger partial charge on any atom is 0.408 e. The van der Waals surface area contributed by atoms with E-state index in [1.807, 2.05) is 0 Å². The molecule has 0 aliphatic heterocycles. The minimum Gasteiger partial charge on any atom is -0.479 e. The number of nitrogens with one attached hydrogen (secondary N) is 1. The molecule has 6 nitrogen and oxygen atoms in total. The van der Waals surface area contributed by atoms with Crippen molar-refractivity contribution >= 4 is 12.1 Å². The van der Waals surface area contributed by atoms with Crippen molar-refractivity contribution in [3.63, 3.8) is 0 Å². The first-order valence-electron chi connectivity index (χ1n) is 5.56. The zero-order chi connectivity index (χ0) is 13.4. The molecule has 0 radical (unpaired) electrons. The van der Waals surface area contributed by atoms with Gasteiger partial charge in [-0.1, -0.05) is 30.3 Å². The van der Waals surface area contributed by atoms with Gasteiger partial charge in [0.25, 0.3) is 0 Å². The molecule has 0 aromatic heterocycles. The molecule has 1 aromatic carbocycles. The van der Waals surface area contributed by atoms with Crippen LogP contribution in [0.15, 0.2) is 30.3 Å². The number of alkyl carbamates (subject to hydrolysis) is 1. The number of aliphatic carboxylic acids is 1. The second-order valence-electron chi connectivity index (χ2n) is 3.60. The van der Waals surface area contributed by atoms with Crippen molar-refractivity contribution in [3.8, 4) is 0 Å². The fourth-order valence-corrected chi connectivity index (χ4v) is 1.34. The number of benzene rings is 1. The Morgan fingerprint density at radius 3 is 2.56 bits per heavy atom. The van der Waals surface area contributed by atoms with Crippen LogP contribution in [0.4, 0.5) is 4.79 Å². The van der Waals surface area contributed by atoms with E-state index < -0.39 is 18.1 Å². The number of nitrogens with two attached hydrogens (primary N) is 1. The molecule has 0 saturated heterocycles. The number of ether oxygens (including phenoxy) is 1. The van der Waals surface area contributed by atoms with E-state index in [4.69, 9.17) is 15.6 Å². The van der Waals surface area contributed by atoms with Gasteiger partial charge in [0.2, 0.25) is 0 Å². The molecule has 0 unspecified atom stereocenters. The van der Waals surface area contributed by atoms with Crippen LogP contribution in [-0.4, -0.2) is 30.3 Å². The molecule has 18 heavy (non-hydrogen) atoms. The fraction of sp³-hybridized carbons (Fsp3) is 0.333. The summed E-state index contributed by atoms with van der Waals surface area (Å²) in [6.45, 7) is 0.581. The summed E-state index contributed by atoms with van der Waals surface area (Å²) in [5, 5.41) is 11.3. The summed E-state index contributed by atoms with van der Waals surface area (Å²) in [5.41, 5.74) is 5.74. The fourth-order valence-electron chi connectivity index (χ4n) is 1.34. The third-order valence-corrected chi connectivity index (χ3v) is 2.22. The van der Waals surface area contributed by atoms with Gasteiger partial charge in [-0.2, -0.15) is 0 Å². The standard InChI is InChI=1S/C12H16N2O4/c13-7-4-8-18-12(17)14-10(11(15)16)9-5-2-1-3-6-9/h1-3,5-6,10H,4,7-8,13H2,(H,14,17)(H,15,16)/t10-/m0/s1. The first-order chi connectivity index (χ1) is 8.65. The first-order valence-corrected chi connectivity index (χ1v) is 5.56. The van der Waals surface area contributed by atoms with E-state index in [9.17, 15) is 9.59 Å². The van der Waals surface area contributed by atoms with Gasteiger partial charge in [-0.3, -0.25) is 0 Å². The van der Waals surface area contributed by atoms with Crippen molar-refractivity contribution in [2.45, 2.75) is 12.5 Å². The lowest BCUT2D eigenvalue weighted by atomic mass is 10.1. The lowest BCUT2D eigenvalue weighted by molar-refractivity contribution is -0.139. The second-order valence-corrected chi connectivity index (χ2v) is 3.60. The molecule has 4 N–H and O–H groups in total. The van der Waals surface area contributed by atoms with Gasteiger partial charge in [0.05, 0.1) is 6.61 Å². The molecular formula is C12H16N2O4. The number of amides is 1. The molecule has 98 valence electrons. The van der Waals surface area contributed by atoms with Gasteiger partial charge in [-0.25, -0.2) is 9.59 Å². The molecule has 0 saturated carbocycles. The predicted octanol–water partition coefficient (Wildman–Crippen LogP) is 0.887. The van der Waals surface area contributed by atoms with Gasteiger partial charge >= 0.3 is 12.1 Å². The number of hydrogen-bond donors (Lipinski definition) is 3. The Labute approximate surface area is 105 Å². The largest absolute Gasteiger partial charge is 0.479 e. The number of carboxylic acid groups (broad SMARTS) is 1. The van der Waals surface area contributed by atoms with Crippen LogP contribution in [0, 0.1) is 0 Å². The average Bonchev–Trinajstić information content (AvgIpc) is 2.37. The van der Waals surface area contributed by atoms with Crippen molar-refractivity contribution in [3.05, 3.63) is 35.9 Å². The highest BCUT2D eigenvalue weighted by molar-refractivity contribution is 5.81. The summed E-state index contributed by atoms with van der Waals surface area (Å²) in [6, 6.07) is 7.30. The highest BCUT2D eigenvalue weighted by Gasteiger charge is 2.22. The molecular weight excluding hydrogens is 236 g/mol. The molecule has 1 rings (SSSR count). The summed E-state index contributed by atoms with van der Waals surface area (Å²) < 4.78 is 4.79. The molecule has 0 bridgehead atoms. The average molecular weight is 252 g/mol. The summed E-state index contributed by atoms with van der Waals surface area (Å²) in [6.07, 6.45) is -0.226. The van der Waals surface area contributed by atoms with E-state index >= 15 is 0 Å². The van der Waals surface area contributed by atoms with Gasteiger partial charge in [-0.05, 0) is 18.5 Å². The van der Waals surface area contributed by atoms with E-state index in [2.05, 4.69) is 5.32 Å². The molecule has 0 aliphatic rings. The van der Waals surface area contributed by atoms with E-state index in [1.54, 1.807) is 30.3 Å². The number of rotatable bonds is 6. The van der Waals surface area contributed by atoms with E-state index in [-0.39, 0.29) is 6.61 Å². The maximum atomic E-state index is 11.4. The number of carboxylic acids is 1. The Morgan fingerprint density at radius 1 is 1.33 bits per heavy atom. The molecule has 0 heterocycles. The molecule has 1 aromatic rings. The second kappa shape index (κ2) is 7.29. The quantitative estimate of drug-likeness (QED) is 0.652. The normalized spacial score (nSPS) is 11.6. The number of hydrogen-bond acceptors (Lipinski definition) is 4. The van der Waals surface area contributed by atoms with Crippen LogP contribution in [0.3, 0.4) is 0 Å². The minimum absolute atomic E-state index is 0.170. The van der Waals surface area contributed by atoms with Gasteiger partial charge in [0, 0.05) is 0 Å². The van der Waals surface area contributed by atoms with Crippen molar-refractivity contribution < 1.29 is 19.4 Å². The van der Waals surface area contributed by atoms with Crippen molar-refractivity contribution in [2.75, 3.05) is 13.2 Å². The van der Waals surface area contributed by atoms with Crippen LogP contribution in [-0.2, 0) is 9.53 Å². The van der Waals surface area contributed by atoms with Gasteiger partial charge in [0.15, 0.2) is 6.04 Å². The van der Waals surface area contributed by atoms with Crippen LogP contribution in [0.25, 0.3) is 0 Å². The minimum atomic E-state index is -1.14. The summed E-state index contributed by atoms with van der Waals surface area (Å²) in [5.74, 6) is -1.14. The summed E-state index contributed by atoms with van der Waals surface area (Å²) >= 11 is 0. The summed E-state index contributed by atoms with van der Waals surface area (Å²) in [7, 11) is 0. The molecule has 0 spiro atoms. The maximum absolute atomic E-state index is 11.4. The molecule has 1 atom stereocenters. The third-order valence-electron chi connectivity index (χ3n) is 2.22. The van der Waals surface area contributed by atoms with Gasteiger partial charge in [-0.15, -0.1) is 0 Å². The number of carbonyl (C=O) groups excluding carboxylic acids is 1. The summed E-state index contributed by atoms with van der Waals surface area (Å²) in [4.78, 5) is 22.4. The predicted molar refractivity (Wildman–Crippen MR) is 65.0 cm³/mol. The van der Waals surface area contributed by atoms with Crippen LogP contribution < -0.4 is 11.1 Å². The van der Waals surface area contributed by atoms with Crippen molar-refractivity contribution in [1.82, 2.24) is 5.32 Å².